The first-order valence-electron chi connectivity index (χ1n) is 6.58. The zero-order chi connectivity index (χ0) is 14.8. The van der Waals surface area contributed by atoms with E-state index in [9.17, 15) is 9.18 Å². The number of para-hydroxylation sites is 1. The Kier molecular flexibility index (Phi) is 3.39. The summed E-state index contributed by atoms with van der Waals surface area (Å²) in [6.07, 6.45) is 3.37. The molecule has 3 aromatic rings. The average molecular weight is 283 g/mol. The standard InChI is InChI=1S/C16H14FN3O/c1-20-14(8-12-5-2-6-13(17)15(12)20)16(21)19-10-11-4-3-7-18-9-11/h2-9H,10H2,1H3,(H,19,21). The Labute approximate surface area is 121 Å². The van der Waals surface area contributed by atoms with E-state index in [0.29, 0.717) is 23.1 Å². The molecule has 1 amide bonds. The van der Waals surface area contributed by atoms with Crippen LogP contribution < -0.4 is 5.32 Å². The maximum absolute atomic E-state index is 13.8. The third-order valence-corrected chi connectivity index (χ3v) is 3.42. The number of pyridine rings is 1. The smallest absolute Gasteiger partial charge is 0.268 e. The number of carbonyl (C=O) groups is 1. The topological polar surface area (TPSA) is 46.9 Å². The molecule has 2 aromatic heterocycles. The SMILES string of the molecule is Cn1c(C(=O)NCc2cccnc2)cc2cccc(F)c21. The summed E-state index contributed by atoms with van der Waals surface area (Å²) in [5, 5.41) is 3.53. The van der Waals surface area contributed by atoms with E-state index >= 15 is 0 Å². The van der Waals surface area contributed by atoms with Crippen molar-refractivity contribution in [2.75, 3.05) is 0 Å². The summed E-state index contributed by atoms with van der Waals surface area (Å²) < 4.78 is 15.4. The summed E-state index contributed by atoms with van der Waals surface area (Å²) in [5.41, 5.74) is 1.78. The van der Waals surface area contributed by atoms with Gasteiger partial charge in [0.05, 0.1) is 5.52 Å². The number of fused-ring (bicyclic) bond motifs is 1. The number of aromatic nitrogens is 2. The molecule has 0 fully saturated rings. The lowest BCUT2D eigenvalue weighted by atomic mass is 10.2. The van der Waals surface area contributed by atoms with Crippen LogP contribution in [0.5, 0.6) is 0 Å². The molecule has 0 saturated carbocycles. The third-order valence-electron chi connectivity index (χ3n) is 3.42. The van der Waals surface area contributed by atoms with Gasteiger partial charge in [0.1, 0.15) is 11.5 Å². The van der Waals surface area contributed by atoms with Crippen LogP contribution in [0.25, 0.3) is 10.9 Å². The second-order valence-electron chi connectivity index (χ2n) is 4.81. The lowest BCUT2D eigenvalue weighted by Gasteiger charge is -2.06. The van der Waals surface area contributed by atoms with Crippen molar-refractivity contribution in [1.29, 1.82) is 0 Å². The van der Waals surface area contributed by atoms with Crippen LogP contribution in [0.4, 0.5) is 4.39 Å². The predicted molar refractivity (Wildman–Crippen MR) is 78.3 cm³/mol. The monoisotopic (exact) mass is 283 g/mol. The predicted octanol–water partition coefficient (Wildman–Crippen LogP) is 2.64. The van der Waals surface area contributed by atoms with Crippen molar-refractivity contribution in [3.05, 3.63) is 65.9 Å². The molecule has 4 nitrogen and oxygen atoms in total. The molecule has 0 aliphatic carbocycles. The van der Waals surface area contributed by atoms with Gasteiger partial charge in [-0.1, -0.05) is 18.2 Å². The van der Waals surface area contributed by atoms with Crippen LogP contribution in [-0.4, -0.2) is 15.5 Å². The van der Waals surface area contributed by atoms with Crippen LogP contribution in [-0.2, 0) is 13.6 Å². The molecule has 2 heterocycles. The Morgan fingerprint density at radius 3 is 2.90 bits per heavy atom. The van der Waals surface area contributed by atoms with Crippen molar-refractivity contribution in [2.24, 2.45) is 7.05 Å². The number of carbonyl (C=O) groups excluding carboxylic acids is 1. The second kappa shape index (κ2) is 5.36. The summed E-state index contributed by atoms with van der Waals surface area (Å²) in [4.78, 5) is 16.2. The van der Waals surface area contributed by atoms with E-state index in [1.54, 1.807) is 42.2 Å². The molecule has 0 atom stereocenters. The van der Waals surface area contributed by atoms with E-state index in [-0.39, 0.29) is 11.7 Å². The van der Waals surface area contributed by atoms with Crippen LogP contribution in [0.2, 0.25) is 0 Å². The molecule has 21 heavy (non-hydrogen) atoms. The van der Waals surface area contributed by atoms with Gasteiger partial charge in [0.15, 0.2) is 0 Å². The summed E-state index contributed by atoms with van der Waals surface area (Å²) in [5.74, 6) is -0.571. The Bertz CT molecular complexity index is 796. The molecule has 0 bridgehead atoms. The van der Waals surface area contributed by atoms with Crippen LogP contribution in [0.3, 0.4) is 0 Å². The number of nitrogens with zero attached hydrogens (tertiary/aromatic N) is 2. The maximum Gasteiger partial charge on any atom is 0.268 e. The van der Waals surface area contributed by atoms with Crippen molar-refractivity contribution >= 4 is 16.8 Å². The molecule has 0 spiro atoms. The van der Waals surface area contributed by atoms with Crippen LogP contribution in [0.15, 0.2) is 48.8 Å². The molecule has 0 aliphatic rings. The summed E-state index contributed by atoms with van der Waals surface area (Å²) in [6, 6.07) is 10.2. The minimum absolute atomic E-state index is 0.239. The van der Waals surface area contributed by atoms with E-state index in [1.165, 1.54) is 6.07 Å². The van der Waals surface area contributed by atoms with Gasteiger partial charge in [-0.2, -0.15) is 0 Å². The number of benzene rings is 1. The molecule has 0 saturated heterocycles. The van der Waals surface area contributed by atoms with Crippen molar-refractivity contribution in [2.45, 2.75) is 6.54 Å². The Balaban J connectivity index is 1.85. The highest BCUT2D eigenvalue weighted by molar-refractivity contribution is 5.98. The van der Waals surface area contributed by atoms with Gasteiger partial charge in [-0.05, 0) is 23.8 Å². The molecular weight excluding hydrogens is 269 g/mol. The molecule has 1 N–H and O–H groups in total. The van der Waals surface area contributed by atoms with Gasteiger partial charge in [0.25, 0.3) is 5.91 Å². The van der Waals surface area contributed by atoms with Crippen LogP contribution in [0, 0.1) is 5.82 Å². The quantitative estimate of drug-likeness (QED) is 0.803. The van der Waals surface area contributed by atoms with E-state index < -0.39 is 0 Å². The van der Waals surface area contributed by atoms with E-state index in [2.05, 4.69) is 10.3 Å². The number of nitrogens with one attached hydrogen (secondary N) is 1. The fraction of sp³-hybridized carbons (Fsp3) is 0.125. The lowest BCUT2D eigenvalue weighted by Crippen LogP contribution is -2.24. The van der Waals surface area contributed by atoms with Crippen LogP contribution in [0.1, 0.15) is 16.1 Å². The molecular formula is C16H14FN3O. The number of halogens is 1. The fourth-order valence-corrected chi connectivity index (χ4v) is 2.36. The molecule has 0 unspecified atom stereocenters. The first-order chi connectivity index (χ1) is 10.2. The molecule has 0 radical (unpaired) electrons. The fourth-order valence-electron chi connectivity index (χ4n) is 2.36. The molecule has 3 rings (SSSR count). The summed E-state index contributed by atoms with van der Waals surface area (Å²) >= 11 is 0. The number of amides is 1. The Hall–Kier alpha value is -2.69. The highest BCUT2D eigenvalue weighted by Crippen LogP contribution is 2.21. The first kappa shape index (κ1) is 13.3. The first-order valence-corrected chi connectivity index (χ1v) is 6.58. The van der Waals surface area contributed by atoms with Gasteiger partial charge < -0.3 is 9.88 Å². The Morgan fingerprint density at radius 2 is 2.19 bits per heavy atom. The van der Waals surface area contributed by atoms with Crippen LogP contribution >= 0.6 is 0 Å². The number of hydrogen-bond donors (Lipinski definition) is 1. The van der Waals surface area contributed by atoms with Gasteiger partial charge in [-0.3, -0.25) is 9.78 Å². The maximum atomic E-state index is 13.8. The molecule has 1 aromatic carbocycles. The average Bonchev–Trinajstić information content (AvgIpc) is 2.84. The van der Waals surface area contributed by atoms with E-state index in [4.69, 9.17) is 0 Å². The lowest BCUT2D eigenvalue weighted by molar-refractivity contribution is 0.0943. The number of rotatable bonds is 3. The zero-order valence-electron chi connectivity index (χ0n) is 11.5. The largest absolute Gasteiger partial charge is 0.347 e. The van der Waals surface area contributed by atoms with Gasteiger partial charge in [-0.25, -0.2) is 4.39 Å². The number of hydrogen-bond acceptors (Lipinski definition) is 2. The van der Waals surface area contributed by atoms with Crippen molar-refractivity contribution < 1.29 is 9.18 Å². The van der Waals surface area contributed by atoms with Gasteiger partial charge in [0, 0.05) is 31.4 Å². The zero-order valence-corrected chi connectivity index (χ0v) is 11.5. The van der Waals surface area contributed by atoms with Gasteiger partial charge in [0.2, 0.25) is 0 Å². The third kappa shape index (κ3) is 2.50. The van der Waals surface area contributed by atoms with E-state index in [0.717, 1.165) is 5.56 Å². The second-order valence-corrected chi connectivity index (χ2v) is 4.81. The minimum atomic E-state index is -0.332. The molecule has 0 aliphatic heterocycles. The minimum Gasteiger partial charge on any atom is -0.347 e. The highest BCUT2D eigenvalue weighted by Gasteiger charge is 2.15. The summed E-state index contributed by atoms with van der Waals surface area (Å²) in [7, 11) is 1.68. The molecule has 5 heteroatoms. The normalized spacial score (nSPS) is 10.8. The summed E-state index contributed by atoms with van der Waals surface area (Å²) in [6.45, 7) is 0.386. The van der Waals surface area contributed by atoms with Crippen molar-refractivity contribution in [3.8, 4) is 0 Å². The molecule has 106 valence electrons. The van der Waals surface area contributed by atoms with Gasteiger partial charge in [-0.15, -0.1) is 0 Å². The Morgan fingerprint density at radius 1 is 1.33 bits per heavy atom. The van der Waals surface area contributed by atoms with Gasteiger partial charge >= 0.3 is 0 Å². The number of aryl methyl sites for hydroxylation is 1. The highest BCUT2D eigenvalue weighted by atomic mass is 19.1. The van der Waals surface area contributed by atoms with E-state index in [1.807, 2.05) is 12.1 Å². The van der Waals surface area contributed by atoms with Crippen molar-refractivity contribution in [1.82, 2.24) is 14.9 Å². The van der Waals surface area contributed by atoms with Crippen molar-refractivity contribution in [3.63, 3.8) is 0 Å².